The Labute approximate surface area is 142 Å². The zero-order chi connectivity index (χ0) is 17.1. The maximum atomic E-state index is 12.6. The molecule has 3 rings (SSSR count). The molecule has 0 radical (unpaired) electrons. The van der Waals surface area contributed by atoms with Gasteiger partial charge in [0.1, 0.15) is 0 Å². The van der Waals surface area contributed by atoms with Crippen molar-refractivity contribution in [1.82, 2.24) is 15.1 Å². The molecule has 2 aromatic rings. The Kier molecular flexibility index (Phi) is 5.00. The van der Waals surface area contributed by atoms with Gasteiger partial charge in [-0.15, -0.1) is 0 Å². The number of rotatable bonds is 4. The molecule has 128 valence electrons. The molecule has 1 aromatic heterocycles. The molecule has 1 fully saturated rings. The number of amides is 1. The van der Waals surface area contributed by atoms with Gasteiger partial charge < -0.3 is 10.4 Å². The van der Waals surface area contributed by atoms with Crippen LogP contribution < -0.4 is 5.32 Å². The minimum Gasteiger partial charge on any atom is -0.391 e. The highest BCUT2D eigenvalue weighted by atomic mass is 16.3. The van der Waals surface area contributed by atoms with Crippen LogP contribution in [-0.2, 0) is 0 Å². The number of benzene rings is 1. The minimum atomic E-state index is -0.455. The molecule has 1 aliphatic rings. The van der Waals surface area contributed by atoms with Gasteiger partial charge in [-0.3, -0.25) is 4.79 Å². The maximum Gasteiger partial charge on any atom is 0.272 e. The Morgan fingerprint density at radius 1 is 1.25 bits per heavy atom. The van der Waals surface area contributed by atoms with E-state index in [1.54, 1.807) is 0 Å². The van der Waals surface area contributed by atoms with E-state index in [0.717, 1.165) is 37.1 Å². The summed E-state index contributed by atoms with van der Waals surface area (Å²) in [5.41, 5.74) is 2.34. The molecule has 0 spiro atoms. The van der Waals surface area contributed by atoms with Crippen LogP contribution in [0.25, 0.3) is 5.69 Å². The van der Waals surface area contributed by atoms with E-state index in [1.807, 2.05) is 41.1 Å². The van der Waals surface area contributed by atoms with Crippen LogP contribution >= 0.6 is 0 Å². The predicted octanol–water partition coefficient (Wildman–Crippen LogP) is 3.03. The van der Waals surface area contributed by atoms with Crippen LogP contribution in [0.3, 0.4) is 0 Å². The number of hydrogen-bond acceptors (Lipinski definition) is 3. The molecule has 5 heteroatoms. The van der Waals surface area contributed by atoms with Crippen molar-refractivity contribution in [1.29, 1.82) is 0 Å². The minimum absolute atomic E-state index is 0.171. The molecule has 1 aromatic carbocycles. The number of aromatic nitrogens is 2. The van der Waals surface area contributed by atoms with Gasteiger partial charge in [0.2, 0.25) is 0 Å². The number of nitrogens with one attached hydrogen (secondary N) is 1. The maximum absolute atomic E-state index is 12.6. The third-order valence-corrected chi connectivity index (χ3v) is 4.61. The first kappa shape index (κ1) is 16.7. The average molecular weight is 327 g/mol. The fraction of sp³-hybridized carbons (Fsp3) is 0.474. The van der Waals surface area contributed by atoms with Gasteiger partial charge in [-0.1, -0.05) is 44.9 Å². The number of hydrogen-bond donors (Lipinski definition) is 2. The summed E-state index contributed by atoms with van der Waals surface area (Å²) >= 11 is 0. The fourth-order valence-electron chi connectivity index (χ4n) is 3.22. The number of aliphatic hydroxyl groups excluding tert-OH is 1. The van der Waals surface area contributed by atoms with Gasteiger partial charge in [0, 0.05) is 5.69 Å². The van der Waals surface area contributed by atoms with Gasteiger partial charge in [0.15, 0.2) is 5.69 Å². The fourth-order valence-corrected chi connectivity index (χ4v) is 3.22. The molecule has 1 saturated carbocycles. The van der Waals surface area contributed by atoms with Crippen molar-refractivity contribution >= 4 is 5.91 Å². The van der Waals surface area contributed by atoms with Crippen molar-refractivity contribution in [2.45, 2.75) is 57.6 Å². The van der Waals surface area contributed by atoms with Gasteiger partial charge in [-0.2, -0.15) is 5.10 Å². The molecular weight excluding hydrogens is 302 g/mol. The number of carbonyl (C=O) groups excluding carboxylic acids is 1. The second-order valence-electron chi connectivity index (χ2n) is 6.79. The van der Waals surface area contributed by atoms with E-state index in [9.17, 15) is 9.90 Å². The van der Waals surface area contributed by atoms with Crippen molar-refractivity contribution in [3.05, 3.63) is 47.8 Å². The van der Waals surface area contributed by atoms with E-state index in [-0.39, 0.29) is 17.9 Å². The highest BCUT2D eigenvalue weighted by Gasteiger charge is 2.26. The lowest BCUT2D eigenvalue weighted by Gasteiger charge is -2.27. The van der Waals surface area contributed by atoms with Crippen LogP contribution in [0.5, 0.6) is 0 Å². The Bertz CT molecular complexity index is 694. The second kappa shape index (κ2) is 7.18. The first-order valence-corrected chi connectivity index (χ1v) is 8.70. The second-order valence-corrected chi connectivity index (χ2v) is 6.79. The monoisotopic (exact) mass is 327 g/mol. The predicted molar refractivity (Wildman–Crippen MR) is 93.4 cm³/mol. The summed E-state index contributed by atoms with van der Waals surface area (Å²) in [7, 11) is 0. The SMILES string of the molecule is CC(C)c1cc(C(=O)NC2CCCCC2O)nn1-c1ccccc1. The largest absolute Gasteiger partial charge is 0.391 e. The van der Waals surface area contributed by atoms with Gasteiger partial charge >= 0.3 is 0 Å². The van der Waals surface area contributed by atoms with Crippen LogP contribution in [0.1, 0.15) is 61.6 Å². The standard InChI is InChI=1S/C19H25N3O2/c1-13(2)17-12-16(21-22(17)14-8-4-3-5-9-14)19(24)20-15-10-6-7-11-18(15)23/h3-5,8-9,12-13,15,18,23H,6-7,10-11H2,1-2H3,(H,20,24). The first-order chi connectivity index (χ1) is 11.6. The first-order valence-electron chi connectivity index (χ1n) is 8.70. The Morgan fingerprint density at radius 2 is 1.96 bits per heavy atom. The molecule has 1 aliphatic carbocycles. The molecule has 0 aliphatic heterocycles. The molecule has 1 heterocycles. The van der Waals surface area contributed by atoms with Crippen molar-refractivity contribution in [3.8, 4) is 5.69 Å². The smallest absolute Gasteiger partial charge is 0.272 e. The van der Waals surface area contributed by atoms with Crippen LogP contribution in [0.15, 0.2) is 36.4 Å². The lowest BCUT2D eigenvalue weighted by atomic mass is 9.92. The van der Waals surface area contributed by atoms with E-state index in [0.29, 0.717) is 5.69 Å². The van der Waals surface area contributed by atoms with Gasteiger partial charge in [-0.25, -0.2) is 4.68 Å². The van der Waals surface area contributed by atoms with E-state index in [4.69, 9.17) is 0 Å². The van der Waals surface area contributed by atoms with Crippen LogP contribution in [0, 0.1) is 0 Å². The topological polar surface area (TPSA) is 67.2 Å². The quantitative estimate of drug-likeness (QED) is 0.907. The molecule has 1 amide bonds. The van der Waals surface area contributed by atoms with E-state index in [1.165, 1.54) is 0 Å². The van der Waals surface area contributed by atoms with Gasteiger partial charge in [0.25, 0.3) is 5.91 Å². The lowest BCUT2D eigenvalue weighted by Crippen LogP contribution is -2.45. The van der Waals surface area contributed by atoms with Crippen LogP contribution in [0.2, 0.25) is 0 Å². The number of carbonyl (C=O) groups is 1. The summed E-state index contributed by atoms with van der Waals surface area (Å²) in [6.45, 7) is 4.17. The molecule has 2 unspecified atom stereocenters. The van der Waals surface area contributed by atoms with Crippen molar-refractivity contribution < 1.29 is 9.90 Å². The normalized spacial score (nSPS) is 21.0. The van der Waals surface area contributed by atoms with E-state index < -0.39 is 6.10 Å². The van der Waals surface area contributed by atoms with E-state index in [2.05, 4.69) is 24.3 Å². The van der Waals surface area contributed by atoms with Crippen LogP contribution in [0.4, 0.5) is 0 Å². The number of para-hydroxylation sites is 1. The summed E-state index contributed by atoms with van der Waals surface area (Å²) in [4.78, 5) is 12.6. The molecular formula is C19H25N3O2. The summed E-state index contributed by atoms with van der Waals surface area (Å²) < 4.78 is 1.83. The molecule has 0 saturated heterocycles. The van der Waals surface area contributed by atoms with Crippen molar-refractivity contribution in [2.24, 2.45) is 0 Å². The summed E-state index contributed by atoms with van der Waals surface area (Å²) in [5, 5.41) is 17.5. The summed E-state index contributed by atoms with van der Waals surface area (Å²) in [6, 6.07) is 11.5. The highest BCUT2D eigenvalue weighted by Crippen LogP contribution is 2.22. The number of nitrogens with zero attached hydrogens (tertiary/aromatic N) is 2. The molecule has 2 N–H and O–H groups in total. The summed E-state index contributed by atoms with van der Waals surface area (Å²) in [5.74, 6) is 0.0389. The Balaban J connectivity index is 1.84. The molecule has 5 nitrogen and oxygen atoms in total. The zero-order valence-corrected chi connectivity index (χ0v) is 14.3. The zero-order valence-electron chi connectivity index (χ0n) is 14.3. The van der Waals surface area contributed by atoms with Crippen molar-refractivity contribution in [3.63, 3.8) is 0 Å². The molecule has 2 atom stereocenters. The van der Waals surface area contributed by atoms with Crippen LogP contribution in [-0.4, -0.2) is 32.9 Å². The molecule has 24 heavy (non-hydrogen) atoms. The Hall–Kier alpha value is -2.14. The van der Waals surface area contributed by atoms with Crippen molar-refractivity contribution in [2.75, 3.05) is 0 Å². The molecule has 0 bridgehead atoms. The lowest BCUT2D eigenvalue weighted by molar-refractivity contribution is 0.0713. The highest BCUT2D eigenvalue weighted by molar-refractivity contribution is 5.92. The average Bonchev–Trinajstić information content (AvgIpc) is 3.03. The number of aliphatic hydroxyl groups is 1. The van der Waals surface area contributed by atoms with E-state index >= 15 is 0 Å². The Morgan fingerprint density at radius 3 is 2.62 bits per heavy atom. The summed E-state index contributed by atoms with van der Waals surface area (Å²) in [6.07, 6.45) is 3.18. The third kappa shape index (κ3) is 3.51. The van der Waals surface area contributed by atoms with Gasteiger partial charge in [0.05, 0.1) is 17.8 Å². The third-order valence-electron chi connectivity index (χ3n) is 4.61. The van der Waals surface area contributed by atoms with Gasteiger partial charge in [-0.05, 0) is 37.0 Å².